The molecule has 1 atom stereocenters. The Morgan fingerprint density at radius 2 is 2.18 bits per heavy atom. The number of carbonyl (C=O) groups is 2. The van der Waals surface area contributed by atoms with Gasteiger partial charge in [0.1, 0.15) is 6.10 Å². The number of hydrogen-bond acceptors (Lipinski definition) is 3. The maximum atomic E-state index is 10.8. The monoisotopic (exact) mass is 156 g/mol. The van der Waals surface area contributed by atoms with Crippen LogP contribution in [-0.2, 0) is 14.3 Å². The van der Waals surface area contributed by atoms with Crippen LogP contribution in [0.1, 0.15) is 13.8 Å². The molecular formula is C7H8O4. The number of aliphatic carboxylic acids is 1. The lowest BCUT2D eigenvalue weighted by Gasteiger charge is -2.02. The molecule has 1 unspecified atom stereocenters. The first-order valence-electron chi connectivity index (χ1n) is 3.19. The smallest absolute Gasteiger partial charge is 0.335 e. The molecule has 0 amide bonds. The van der Waals surface area contributed by atoms with Crippen LogP contribution in [0.2, 0.25) is 0 Å². The van der Waals surface area contributed by atoms with Crippen molar-refractivity contribution in [2.45, 2.75) is 20.0 Å². The topological polar surface area (TPSA) is 63.6 Å². The van der Waals surface area contributed by atoms with Gasteiger partial charge >= 0.3 is 11.9 Å². The molecule has 0 spiro atoms. The highest BCUT2D eigenvalue weighted by Gasteiger charge is 2.32. The molecule has 1 rings (SSSR count). The Bertz CT molecular complexity index is 251. The predicted octanol–water partition coefficient (Wildman–Crippen LogP) is 0.333. The lowest BCUT2D eigenvalue weighted by molar-refractivity contribution is -0.139. The zero-order valence-corrected chi connectivity index (χ0v) is 6.25. The highest BCUT2D eigenvalue weighted by atomic mass is 16.5. The van der Waals surface area contributed by atoms with Gasteiger partial charge in [0.25, 0.3) is 0 Å². The predicted molar refractivity (Wildman–Crippen MR) is 35.9 cm³/mol. The van der Waals surface area contributed by atoms with Crippen molar-refractivity contribution in [3.8, 4) is 0 Å². The summed E-state index contributed by atoms with van der Waals surface area (Å²) in [6.45, 7) is 2.99. The maximum absolute atomic E-state index is 10.8. The molecule has 0 aromatic rings. The Labute approximate surface area is 63.5 Å². The summed E-state index contributed by atoms with van der Waals surface area (Å²) in [5.74, 6) is -1.62. The fourth-order valence-corrected chi connectivity index (χ4v) is 1.06. The number of carboxylic acid groups (broad SMARTS) is 1. The van der Waals surface area contributed by atoms with E-state index in [1.54, 1.807) is 0 Å². The standard InChI is InChI=1S/C7H8O4/c1-3-5(6(8)9)4(2)11-7(3)10/h4H,1-2H3,(H,8,9). The molecule has 1 heterocycles. The molecule has 1 aliphatic heterocycles. The molecule has 0 aromatic carbocycles. The van der Waals surface area contributed by atoms with Gasteiger partial charge in [0.15, 0.2) is 0 Å². The molecule has 0 saturated carbocycles. The van der Waals surface area contributed by atoms with Gasteiger partial charge in [-0.15, -0.1) is 0 Å². The minimum atomic E-state index is -1.08. The van der Waals surface area contributed by atoms with Crippen LogP contribution in [0.5, 0.6) is 0 Å². The molecule has 4 heteroatoms. The van der Waals surface area contributed by atoms with E-state index >= 15 is 0 Å². The summed E-state index contributed by atoms with van der Waals surface area (Å²) in [7, 11) is 0. The number of carboxylic acids is 1. The Balaban J connectivity index is 3.06. The number of cyclic esters (lactones) is 1. The summed E-state index contributed by atoms with van der Waals surface area (Å²) in [4.78, 5) is 21.2. The summed E-state index contributed by atoms with van der Waals surface area (Å²) in [6.07, 6.45) is -0.611. The summed E-state index contributed by atoms with van der Waals surface area (Å²) in [6, 6.07) is 0. The molecule has 0 radical (unpaired) electrons. The van der Waals surface area contributed by atoms with Crippen LogP contribution in [-0.4, -0.2) is 23.1 Å². The Morgan fingerprint density at radius 1 is 1.64 bits per heavy atom. The van der Waals surface area contributed by atoms with Gasteiger partial charge in [-0.3, -0.25) is 0 Å². The van der Waals surface area contributed by atoms with Crippen LogP contribution in [0, 0.1) is 0 Å². The van der Waals surface area contributed by atoms with Crippen LogP contribution in [0.25, 0.3) is 0 Å². The number of ether oxygens (including phenoxy) is 1. The third kappa shape index (κ3) is 1.11. The number of hydrogen-bond donors (Lipinski definition) is 1. The third-order valence-electron chi connectivity index (χ3n) is 1.63. The molecule has 4 nitrogen and oxygen atoms in total. The summed E-state index contributed by atoms with van der Waals surface area (Å²) < 4.78 is 4.65. The van der Waals surface area contributed by atoms with Crippen LogP contribution in [0.4, 0.5) is 0 Å². The minimum absolute atomic E-state index is 0.0648. The van der Waals surface area contributed by atoms with Crippen molar-refractivity contribution >= 4 is 11.9 Å². The van der Waals surface area contributed by atoms with Gasteiger partial charge < -0.3 is 9.84 Å². The highest BCUT2D eigenvalue weighted by Crippen LogP contribution is 2.21. The Hall–Kier alpha value is -1.32. The number of esters is 1. The molecule has 1 N–H and O–H groups in total. The lowest BCUT2D eigenvalue weighted by atomic mass is 10.1. The van der Waals surface area contributed by atoms with Crippen LogP contribution < -0.4 is 0 Å². The van der Waals surface area contributed by atoms with Gasteiger partial charge in [-0.05, 0) is 13.8 Å². The minimum Gasteiger partial charge on any atom is -0.478 e. The molecule has 11 heavy (non-hydrogen) atoms. The number of rotatable bonds is 1. The van der Waals surface area contributed by atoms with E-state index < -0.39 is 18.0 Å². The molecule has 0 aromatic heterocycles. The second-order valence-electron chi connectivity index (χ2n) is 2.39. The van der Waals surface area contributed by atoms with E-state index in [-0.39, 0.29) is 11.1 Å². The van der Waals surface area contributed by atoms with E-state index in [4.69, 9.17) is 5.11 Å². The van der Waals surface area contributed by atoms with E-state index in [0.29, 0.717) is 0 Å². The fourth-order valence-electron chi connectivity index (χ4n) is 1.06. The largest absolute Gasteiger partial charge is 0.478 e. The van der Waals surface area contributed by atoms with Crippen molar-refractivity contribution in [2.24, 2.45) is 0 Å². The summed E-state index contributed by atoms with van der Waals surface area (Å²) >= 11 is 0. The summed E-state index contributed by atoms with van der Waals surface area (Å²) in [5, 5.41) is 8.58. The van der Waals surface area contributed by atoms with E-state index in [1.165, 1.54) is 13.8 Å². The van der Waals surface area contributed by atoms with Gasteiger partial charge in [0.05, 0.1) is 5.57 Å². The first-order chi connectivity index (χ1) is 5.04. The molecular weight excluding hydrogens is 148 g/mol. The van der Waals surface area contributed by atoms with Crippen LogP contribution in [0.3, 0.4) is 0 Å². The fraction of sp³-hybridized carbons (Fsp3) is 0.429. The third-order valence-corrected chi connectivity index (χ3v) is 1.63. The van der Waals surface area contributed by atoms with Crippen molar-refractivity contribution in [3.63, 3.8) is 0 Å². The van der Waals surface area contributed by atoms with Crippen molar-refractivity contribution < 1.29 is 19.4 Å². The van der Waals surface area contributed by atoms with E-state index in [9.17, 15) is 9.59 Å². The quantitative estimate of drug-likeness (QED) is 0.556. The first kappa shape index (κ1) is 7.78. The first-order valence-corrected chi connectivity index (χ1v) is 3.19. The number of carbonyl (C=O) groups excluding carboxylic acids is 1. The maximum Gasteiger partial charge on any atom is 0.335 e. The second-order valence-corrected chi connectivity index (χ2v) is 2.39. The second kappa shape index (κ2) is 2.38. The molecule has 0 fully saturated rings. The van der Waals surface area contributed by atoms with Gasteiger partial charge in [-0.1, -0.05) is 0 Å². The molecule has 1 aliphatic rings. The van der Waals surface area contributed by atoms with Crippen molar-refractivity contribution in [1.29, 1.82) is 0 Å². The van der Waals surface area contributed by atoms with Crippen LogP contribution in [0.15, 0.2) is 11.1 Å². The van der Waals surface area contributed by atoms with Crippen molar-refractivity contribution in [1.82, 2.24) is 0 Å². The summed E-state index contributed by atoms with van der Waals surface area (Å²) in [5.41, 5.74) is 0.264. The molecule has 60 valence electrons. The van der Waals surface area contributed by atoms with Gasteiger partial charge in [0, 0.05) is 5.57 Å². The van der Waals surface area contributed by atoms with Gasteiger partial charge in [-0.2, -0.15) is 0 Å². The van der Waals surface area contributed by atoms with Gasteiger partial charge in [0.2, 0.25) is 0 Å². The Kier molecular flexibility index (Phi) is 1.68. The molecule has 0 saturated heterocycles. The molecule has 0 aliphatic carbocycles. The zero-order valence-electron chi connectivity index (χ0n) is 6.25. The lowest BCUT2D eigenvalue weighted by Crippen LogP contribution is -2.12. The highest BCUT2D eigenvalue weighted by molar-refractivity contribution is 6.03. The van der Waals surface area contributed by atoms with Crippen LogP contribution >= 0.6 is 0 Å². The van der Waals surface area contributed by atoms with E-state index in [2.05, 4.69) is 4.74 Å². The van der Waals surface area contributed by atoms with E-state index in [1.807, 2.05) is 0 Å². The van der Waals surface area contributed by atoms with Gasteiger partial charge in [-0.25, -0.2) is 9.59 Å². The zero-order chi connectivity index (χ0) is 8.59. The normalized spacial score (nSPS) is 23.8. The Morgan fingerprint density at radius 3 is 2.36 bits per heavy atom. The average Bonchev–Trinajstić information content (AvgIpc) is 2.07. The SMILES string of the molecule is CC1=C(C(=O)O)C(C)OC1=O. The van der Waals surface area contributed by atoms with Crippen molar-refractivity contribution in [2.75, 3.05) is 0 Å². The van der Waals surface area contributed by atoms with Crippen molar-refractivity contribution in [3.05, 3.63) is 11.1 Å². The average molecular weight is 156 g/mol. The van der Waals surface area contributed by atoms with E-state index in [0.717, 1.165) is 0 Å². The molecule has 0 bridgehead atoms.